The summed E-state index contributed by atoms with van der Waals surface area (Å²) in [5, 5.41) is 9.23. The van der Waals surface area contributed by atoms with E-state index in [1.807, 2.05) is 48.5 Å². The van der Waals surface area contributed by atoms with Crippen LogP contribution in [-0.2, 0) is 13.2 Å². The third kappa shape index (κ3) is 4.82. The first-order valence-corrected chi connectivity index (χ1v) is 10.7. The predicted octanol–water partition coefficient (Wildman–Crippen LogP) is 3.45. The molecule has 0 fully saturated rings. The molecule has 8 nitrogen and oxygen atoms in total. The van der Waals surface area contributed by atoms with Crippen LogP contribution in [0.4, 0.5) is 0 Å². The fourth-order valence-electron chi connectivity index (χ4n) is 3.59. The topological polar surface area (TPSA) is 94.5 Å². The summed E-state index contributed by atoms with van der Waals surface area (Å²) in [6.45, 7) is 0.0673. The van der Waals surface area contributed by atoms with Crippen LogP contribution >= 0.6 is 0 Å². The van der Waals surface area contributed by atoms with Crippen molar-refractivity contribution in [1.29, 1.82) is 0 Å². The van der Waals surface area contributed by atoms with E-state index in [-0.39, 0.29) is 37.5 Å². The molecule has 3 aromatic carbocycles. The van der Waals surface area contributed by atoms with Gasteiger partial charge in [0.05, 0.1) is 38.5 Å². The van der Waals surface area contributed by atoms with E-state index in [0.29, 0.717) is 11.5 Å². The van der Waals surface area contributed by atoms with Gasteiger partial charge in [0.1, 0.15) is 24.7 Å². The normalized spacial score (nSPS) is 12.5. The average Bonchev–Trinajstić information content (AvgIpc) is 3.10. The lowest BCUT2D eigenvalue weighted by Crippen LogP contribution is -2.32. The van der Waals surface area contributed by atoms with E-state index in [2.05, 4.69) is 0 Å². The zero-order chi connectivity index (χ0) is 24.1. The fraction of sp³-hybridized carbons (Fsp3) is 0.231. The zero-order valence-corrected chi connectivity index (χ0v) is 18.9. The maximum atomic E-state index is 12.7. The molecule has 0 atom stereocenters. The molecule has 4 rings (SSSR count). The molecule has 1 heterocycles. The van der Waals surface area contributed by atoms with Gasteiger partial charge in [-0.1, -0.05) is 24.3 Å². The van der Waals surface area contributed by atoms with Crippen molar-refractivity contribution in [2.24, 2.45) is 0 Å². The van der Waals surface area contributed by atoms with Crippen LogP contribution in [0.2, 0.25) is 0 Å². The molecule has 34 heavy (non-hydrogen) atoms. The molecule has 3 aromatic rings. The maximum Gasteiger partial charge on any atom is 0.261 e. The second-order valence-electron chi connectivity index (χ2n) is 7.60. The summed E-state index contributed by atoms with van der Waals surface area (Å²) in [5.74, 6) is 1.22. The number of hydrogen-bond acceptors (Lipinski definition) is 7. The van der Waals surface area contributed by atoms with Crippen LogP contribution in [0.5, 0.6) is 23.0 Å². The van der Waals surface area contributed by atoms with Gasteiger partial charge in [0, 0.05) is 0 Å². The van der Waals surface area contributed by atoms with E-state index in [1.54, 1.807) is 14.2 Å². The standard InChI is InChI=1S/C26H25NO7/c1-31-19-7-3-17(4-8-19)15-33-23-13-21-22(26(30)27(11-12-28)25(21)29)14-24(23)34-16-18-5-9-20(32-2)10-6-18/h3-10,13-14,28H,11-12,15-16H2,1-2H3. The lowest BCUT2D eigenvalue weighted by molar-refractivity contribution is 0.0624. The van der Waals surface area contributed by atoms with Crippen molar-refractivity contribution in [3.8, 4) is 23.0 Å². The molecule has 1 N–H and O–H groups in total. The molecule has 0 saturated carbocycles. The lowest BCUT2D eigenvalue weighted by Gasteiger charge is -2.14. The van der Waals surface area contributed by atoms with Gasteiger partial charge >= 0.3 is 0 Å². The largest absolute Gasteiger partial charge is 0.497 e. The molecular formula is C26H25NO7. The quantitative estimate of drug-likeness (QED) is 0.460. The highest BCUT2D eigenvalue weighted by molar-refractivity contribution is 6.21. The average molecular weight is 463 g/mol. The van der Waals surface area contributed by atoms with Gasteiger partial charge in [0.2, 0.25) is 0 Å². The minimum Gasteiger partial charge on any atom is -0.497 e. The summed E-state index contributed by atoms with van der Waals surface area (Å²) >= 11 is 0. The molecular weight excluding hydrogens is 438 g/mol. The molecule has 8 heteroatoms. The number of ether oxygens (including phenoxy) is 4. The molecule has 1 aliphatic heterocycles. The number of carbonyl (C=O) groups excluding carboxylic acids is 2. The Morgan fingerprint density at radius 1 is 0.706 bits per heavy atom. The van der Waals surface area contributed by atoms with E-state index in [4.69, 9.17) is 18.9 Å². The Balaban J connectivity index is 1.60. The second kappa shape index (κ2) is 10.3. The zero-order valence-electron chi connectivity index (χ0n) is 18.9. The van der Waals surface area contributed by atoms with Gasteiger partial charge in [-0.05, 0) is 47.5 Å². The van der Waals surface area contributed by atoms with Gasteiger partial charge < -0.3 is 24.1 Å². The molecule has 0 spiro atoms. The van der Waals surface area contributed by atoms with Crippen molar-refractivity contribution >= 4 is 11.8 Å². The van der Waals surface area contributed by atoms with E-state index in [0.717, 1.165) is 27.5 Å². The number of aliphatic hydroxyl groups excluding tert-OH is 1. The van der Waals surface area contributed by atoms with Gasteiger partial charge in [0.15, 0.2) is 11.5 Å². The van der Waals surface area contributed by atoms with Gasteiger partial charge in [-0.15, -0.1) is 0 Å². The highest BCUT2D eigenvalue weighted by Crippen LogP contribution is 2.36. The third-order valence-electron chi connectivity index (χ3n) is 5.47. The maximum absolute atomic E-state index is 12.7. The molecule has 0 bridgehead atoms. The minimum absolute atomic E-state index is 0.0730. The van der Waals surface area contributed by atoms with Crippen LogP contribution in [0.25, 0.3) is 0 Å². The van der Waals surface area contributed by atoms with Crippen LogP contribution in [0.1, 0.15) is 31.8 Å². The molecule has 0 radical (unpaired) electrons. The van der Waals surface area contributed by atoms with Gasteiger partial charge in [-0.3, -0.25) is 14.5 Å². The number of imide groups is 1. The second-order valence-corrected chi connectivity index (χ2v) is 7.60. The Kier molecular flexibility index (Phi) is 6.98. The number of β-amino-alcohol motifs (C(OH)–C–C–N with tert-alkyl or cyclic N) is 1. The summed E-state index contributed by atoms with van der Waals surface area (Å²) in [4.78, 5) is 26.5. The van der Waals surface area contributed by atoms with Crippen molar-refractivity contribution in [2.75, 3.05) is 27.4 Å². The van der Waals surface area contributed by atoms with E-state index < -0.39 is 11.8 Å². The molecule has 2 amide bonds. The molecule has 0 aromatic heterocycles. The number of carbonyl (C=O) groups is 2. The first-order valence-electron chi connectivity index (χ1n) is 10.7. The minimum atomic E-state index is -0.468. The van der Waals surface area contributed by atoms with Crippen LogP contribution in [0.15, 0.2) is 60.7 Å². The van der Waals surface area contributed by atoms with Crippen LogP contribution < -0.4 is 18.9 Å². The first-order chi connectivity index (χ1) is 16.5. The number of nitrogens with zero attached hydrogens (tertiary/aromatic N) is 1. The highest BCUT2D eigenvalue weighted by atomic mass is 16.5. The van der Waals surface area contributed by atoms with Gasteiger partial charge in [0.25, 0.3) is 11.8 Å². The molecule has 176 valence electrons. The van der Waals surface area contributed by atoms with Crippen LogP contribution in [-0.4, -0.2) is 49.2 Å². The molecule has 0 unspecified atom stereocenters. The number of methoxy groups -OCH3 is 2. The van der Waals surface area contributed by atoms with Crippen molar-refractivity contribution < 1.29 is 33.6 Å². The highest BCUT2D eigenvalue weighted by Gasteiger charge is 2.36. The van der Waals surface area contributed by atoms with Gasteiger partial charge in [-0.2, -0.15) is 0 Å². The van der Waals surface area contributed by atoms with Crippen LogP contribution in [0, 0.1) is 0 Å². The fourth-order valence-corrected chi connectivity index (χ4v) is 3.59. The lowest BCUT2D eigenvalue weighted by atomic mass is 10.1. The van der Waals surface area contributed by atoms with E-state index in [1.165, 1.54) is 12.1 Å². The SMILES string of the molecule is COc1ccc(COc2cc3c(cc2OCc2ccc(OC)cc2)C(=O)N(CCO)C3=O)cc1. The summed E-state index contributed by atoms with van der Waals surface area (Å²) in [5.41, 5.74) is 2.23. The molecule has 0 aliphatic carbocycles. The van der Waals surface area contributed by atoms with Gasteiger partial charge in [-0.25, -0.2) is 0 Å². The Labute approximate surface area is 197 Å². The Morgan fingerprint density at radius 3 is 1.47 bits per heavy atom. The number of amides is 2. The van der Waals surface area contributed by atoms with E-state index in [9.17, 15) is 14.7 Å². The summed E-state index contributed by atoms with van der Waals surface area (Å²) in [6.07, 6.45) is 0. The Hall–Kier alpha value is -4.04. The Bertz CT molecular complexity index is 1080. The number of hydrogen-bond donors (Lipinski definition) is 1. The molecule has 0 saturated heterocycles. The smallest absolute Gasteiger partial charge is 0.261 e. The number of fused-ring (bicyclic) bond motifs is 1. The summed E-state index contributed by atoms with van der Waals surface area (Å²) in [6, 6.07) is 17.9. The number of aliphatic hydroxyl groups is 1. The summed E-state index contributed by atoms with van der Waals surface area (Å²) < 4.78 is 22.4. The predicted molar refractivity (Wildman–Crippen MR) is 124 cm³/mol. The number of benzene rings is 3. The first kappa shape index (κ1) is 23.1. The van der Waals surface area contributed by atoms with Crippen molar-refractivity contribution in [3.63, 3.8) is 0 Å². The number of rotatable bonds is 10. The monoisotopic (exact) mass is 463 g/mol. The van der Waals surface area contributed by atoms with Crippen molar-refractivity contribution in [1.82, 2.24) is 4.90 Å². The van der Waals surface area contributed by atoms with E-state index >= 15 is 0 Å². The van der Waals surface area contributed by atoms with Crippen molar-refractivity contribution in [3.05, 3.63) is 82.9 Å². The molecule has 1 aliphatic rings. The summed E-state index contributed by atoms with van der Waals surface area (Å²) in [7, 11) is 3.20. The Morgan fingerprint density at radius 2 is 1.12 bits per heavy atom. The van der Waals surface area contributed by atoms with Crippen LogP contribution in [0.3, 0.4) is 0 Å². The van der Waals surface area contributed by atoms with Crippen molar-refractivity contribution in [2.45, 2.75) is 13.2 Å². The third-order valence-corrected chi connectivity index (χ3v) is 5.47.